The Hall–Kier alpha value is -1.45. The van der Waals surface area contributed by atoms with Crippen LogP contribution in [0.5, 0.6) is 0 Å². The standard InChI is InChI=1S/C10H15N3O/c1-5(2)8-6(3)12-10(9(11)14)13-7(8)4/h5H,1-4H3,(H2,11,14). The molecule has 0 atom stereocenters. The third kappa shape index (κ3) is 1.89. The molecule has 1 aromatic heterocycles. The lowest BCUT2D eigenvalue weighted by Crippen LogP contribution is -2.18. The lowest BCUT2D eigenvalue weighted by atomic mass is 10.0. The van der Waals surface area contributed by atoms with Gasteiger partial charge in [0.1, 0.15) is 0 Å². The van der Waals surface area contributed by atoms with Crippen molar-refractivity contribution >= 4 is 5.91 Å². The molecule has 1 heterocycles. The molecule has 0 aliphatic rings. The summed E-state index contributed by atoms with van der Waals surface area (Å²) in [6.07, 6.45) is 0. The zero-order chi connectivity index (χ0) is 10.9. The summed E-state index contributed by atoms with van der Waals surface area (Å²) in [5, 5.41) is 0. The number of rotatable bonds is 2. The second-order valence-electron chi connectivity index (χ2n) is 3.65. The Labute approximate surface area is 83.6 Å². The summed E-state index contributed by atoms with van der Waals surface area (Å²) in [5.41, 5.74) is 7.88. The fourth-order valence-electron chi connectivity index (χ4n) is 1.67. The smallest absolute Gasteiger partial charge is 0.286 e. The highest BCUT2D eigenvalue weighted by Crippen LogP contribution is 2.20. The molecule has 0 spiro atoms. The van der Waals surface area contributed by atoms with Crippen LogP contribution in [0.4, 0.5) is 0 Å². The Kier molecular flexibility index (Phi) is 2.84. The Balaban J connectivity index is 3.32. The maximum atomic E-state index is 10.9. The van der Waals surface area contributed by atoms with Gasteiger partial charge in [0.2, 0.25) is 5.82 Å². The number of primary amides is 1. The normalized spacial score (nSPS) is 10.6. The van der Waals surface area contributed by atoms with Gasteiger partial charge in [-0.25, -0.2) is 9.97 Å². The minimum absolute atomic E-state index is 0.101. The molecule has 4 nitrogen and oxygen atoms in total. The number of amides is 1. The van der Waals surface area contributed by atoms with Crippen LogP contribution in [-0.2, 0) is 0 Å². The van der Waals surface area contributed by atoms with Crippen molar-refractivity contribution in [3.8, 4) is 0 Å². The Bertz CT molecular complexity index is 349. The minimum atomic E-state index is -0.577. The van der Waals surface area contributed by atoms with E-state index in [2.05, 4.69) is 23.8 Å². The molecule has 0 aliphatic carbocycles. The third-order valence-electron chi connectivity index (χ3n) is 2.12. The summed E-state index contributed by atoms with van der Waals surface area (Å²) < 4.78 is 0. The molecular formula is C10H15N3O. The van der Waals surface area contributed by atoms with Crippen LogP contribution in [0.25, 0.3) is 0 Å². The van der Waals surface area contributed by atoms with Gasteiger partial charge in [0, 0.05) is 11.4 Å². The number of aromatic nitrogens is 2. The average molecular weight is 193 g/mol. The van der Waals surface area contributed by atoms with Gasteiger partial charge in [-0.1, -0.05) is 13.8 Å². The predicted molar refractivity (Wildman–Crippen MR) is 54.1 cm³/mol. The minimum Gasteiger partial charge on any atom is -0.363 e. The van der Waals surface area contributed by atoms with Gasteiger partial charge in [-0.3, -0.25) is 4.79 Å². The summed E-state index contributed by atoms with van der Waals surface area (Å²) >= 11 is 0. The number of carbonyl (C=O) groups excluding carboxylic acids is 1. The number of hydrogen-bond donors (Lipinski definition) is 1. The van der Waals surface area contributed by atoms with Gasteiger partial charge in [-0.05, 0) is 25.3 Å². The van der Waals surface area contributed by atoms with Crippen molar-refractivity contribution in [1.29, 1.82) is 0 Å². The molecule has 4 heteroatoms. The summed E-state index contributed by atoms with van der Waals surface area (Å²) in [6, 6.07) is 0. The van der Waals surface area contributed by atoms with Crippen molar-refractivity contribution in [3.05, 3.63) is 22.8 Å². The number of hydrogen-bond acceptors (Lipinski definition) is 3. The Morgan fingerprint density at radius 3 is 1.93 bits per heavy atom. The SMILES string of the molecule is Cc1nc(C(N)=O)nc(C)c1C(C)C. The molecule has 0 unspecified atom stereocenters. The number of carbonyl (C=O) groups is 1. The van der Waals surface area contributed by atoms with Crippen LogP contribution >= 0.6 is 0 Å². The molecule has 0 aromatic carbocycles. The average Bonchev–Trinajstić information content (AvgIpc) is 2.01. The van der Waals surface area contributed by atoms with Gasteiger partial charge in [0.25, 0.3) is 5.91 Å². The van der Waals surface area contributed by atoms with Crippen molar-refractivity contribution in [3.63, 3.8) is 0 Å². The topological polar surface area (TPSA) is 68.9 Å². The first-order valence-electron chi connectivity index (χ1n) is 4.58. The monoisotopic (exact) mass is 193 g/mol. The maximum absolute atomic E-state index is 10.9. The van der Waals surface area contributed by atoms with Crippen LogP contribution in [0.3, 0.4) is 0 Å². The molecule has 1 rings (SSSR count). The third-order valence-corrected chi connectivity index (χ3v) is 2.12. The molecule has 0 aliphatic heterocycles. The highest BCUT2D eigenvalue weighted by atomic mass is 16.1. The first-order chi connectivity index (χ1) is 6.43. The van der Waals surface area contributed by atoms with E-state index in [4.69, 9.17) is 5.73 Å². The number of nitrogens with zero attached hydrogens (tertiary/aromatic N) is 2. The van der Waals surface area contributed by atoms with E-state index in [9.17, 15) is 4.79 Å². The molecule has 1 aromatic rings. The molecule has 1 amide bonds. The van der Waals surface area contributed by atoms with Gasteiger partial charge < -0.3 is 5.73 Å². The molecule has 0 radical (unpaired) electrons. The van der Waals surface area contributed by atoms with Crippen molar-refractivity contribution in [2.75, 3.05) is 0 Å². The van der Waals surface area contributed by atoms with E-state index in [0.29, 0.717) is 5.92 Å². The highest BCUT2D eigenvalue weighted by molar-refractivity contribution is 5.88. The zero-order valence-electron chi connectivity index (χ0n) is 8.96. The predicted octanol–water partition coefficient (Wildman–Crippen LogP) is 1.32. The van der Waals surface area contributed by atoms with Gasteiger partial charge in [0.15, 0.2) is 0 Å². The molecule has 0 fully saturated rings. The lowest BCUT2D eigenvalue weighted by molar-refractivity contribution is 0.0990. The molecule has 14 heavy (non-hydrogen) atoms. The van der Waals surface area contributed by atoms with Crippen molar-refractivity contribution in [1.82, 2.24) is 9.97 Å². The summed E-state index contributed by atoms with van der Waals surface area (Å²) in [7, 11) is 0. The number of aryl methyl sites for hydroxylation is 2. The van der Waals surface area contributed by atoms with Gasteiger partial charge in [0.05, 0.1) is 0 Å². The molecule has 0 bridgehead atoms. The van der Waals surface area contributed by atoms with Crippen LogP contribution in [-0.4, -0.2) is 15.9 Å². The van der Waals surface area contributed by atoms with E-state index in [1.165, 1.54) is 0 Å². The van der Waals surface area contributed by atoms with E-state index in [-0.39, 0.29) is 5.82 Å². The maximum Gasteiger partial charge on any atom is 0.286 e. The lowest BCUT2D eigenvalue weighted by Gasteiger charge is -2.12. The van der Waals surface area contributed by atoms with Crippen LogP contribution in [0.2, 0.25) is 0 Å². The molecule has 76 valence electrons. The largest absolute Gasteiger partial charge is 0.363 e. The van der Waals surface area contributed by atoms with Crippen molar-refractivity contribution in [2.24, 2.45) is 5.73 Å². The fraction of sp³-hybridized carbons (Fsp3) is 0.500. The second kappa shape index (κ2) is 3.74. The zero-order valence-corrected chi connectivity index (χ0v) is 8.96. The fourth-order valence-corrected chi connectivity index (χ4v) is 1.67. The van der Waals surface area contributed by atoms with Crippen LogP contribution in [0, 0.1) is 13.8 Å². The van der Waals surface area contributed by atoms with E-state index in [1.54, 1.807) is 0 Å². The Morgan fingerprint density at radius 2 is 1.64 bits per heavy atom. The van der Waals surface area contributed by atoms with Gasteiger partial charge in [-0.2, -0.15) is 0 Å². The summed E-state index contributed by atoms with van der Waals surface area (Å²) in [5.74, 6) is -0.118. The van der Waals surface area contributed by atoms with Crippen LogP contribution < -0.4 is 5.73 Å². The molecule has 0 saturated carbocycles. The van der Waals surface area contributed by atoms with E-state index in [1.807, 2.05) is 13.8 Å². The van der Waals surface area contributed by atoms with Crippen LogP contribution in [0.1, 0.15) is 47.3 Å². The van der Waals surface area contributed by atoms with Gasteiger partial charge in [-0.15, -0.1) is 0 Å². The summed E-state index contributed by atoms with van der Waals surface area (Å²) in [4.78, 5) is 19.0. The first kappa shape index (κ1) is 10.6. The quantitative estimate of drug-likeness (QED) is 0.770. The van der Waals surface area contributed by atoms with Crippen LogP contribution in [0.15, 0.2) is 0 Å². The Morgan fingerprint density at radius 1 is 1.21 bits per heavy atom. The second-order valence-corrected chi connectivity index (χ2v) is 3.65. The highest BCUT2D eigenvalue weighted by Gasteiger charge is 2.13. The van der Waals surface area contributed by atoms with E-state index >= 15 is 0 Å². The van der Waals surface area contributed by atoms with Gasteiger partial charge >= 0.3 is 0 Å². The first-order valence-corrected chi connectivity index (χ1v) is 4.58. The molecular weight excluding hydrogens is 178 g/mol. The van der Waals surface area contributed by atoms with E-state index in [0.717, 1.165) is 17.0 Å². The van der Waals surface area contributed by atoms with E-state index < -0.39 is 5.91 Å². The number of nitrogens with two attached hydrogens (primary N) is 1. The van der Waals surface area contributed by atoms with Crippen molar-refractivity contribution in [2.45, 2.75) is 33.6 Å². The molecule has 2 N–H and O–H groups in total. The van der Waals surface area contributed by atoms with Crippen molar-refractivity contribution < 1.29 is 4.79 Å². The molecule has 0 saturated heterocycles. The summed E-state index contributed by atoms with van der Waals surface area (Å²) in [6.45, 7) is 7.89.